The van der Waals surface area contributed by atoms with E-state index in [-0.39, 0.29) is 12.2 Å². The Bertz CT molecular complexity index is 187. The van der Waals surface area contributed by atoms with E-state index in [1.807, 2.05) is 13.8 Å². The molecular formula is C12H25NO3. The smallest absolute Gasteiger partial charge is 0.0897 e. The lowest BCUT2D eigenvalue weighted by Gasteiger charge is -2.16. The van der Waals surface area contributed by atoms with E-state index in [1.165, 1.54) is 0 Å². The highest BCUT2D eigenvalue weighted by atomic mass is 16.5. The van der Waals surface area contributed by atoms with Crippen LogP contribution in [0.3, 0.4) is 0 Å². The fourth-order valence-electron chi connectivity index (χ4n) is 2.05. The maximum atomic E-state index is 9.59. The molecule has 3 unspecified atom stereocenters. The Morgan fingerprint density at radius 1 is 1.38 bits per heavy atom. The zero-order valence-electron chi connectivity index (χ0n) is 10.4. The van der Waals surface area contributed by atoms with Gasteiger partial charge in [-0.2, -0.15) is 0 Å². The van der Waals surface area contributed by atoms with Crippen molar-refractivity contribution < 1.29 is 14.9 Å². The van der Waals surface area contributed by atoms with Crippen molar-refractivity contribution in [2.45, 2.75) is 51.4 Å². The molecule has 0 heterocycles. The second-order valence-electron chi connectivity index (χ2n) is 5.03. The average Bonchev–Trinajstić information content (AvgIpc) is 2.61. The summed E-state index contributed by atoms with van der Waals surface area (Å²) >= 11 is 0. The van der Waals surface area contributed by atoms with E-state index >= 15 is 0 Å². The van der Waals surface area contributed by atoms with Crippen LogP contribution in [0.4, 0.5) is 0 Å². The quantitative estimate of drug-likeness (QED) is 0.598. The number of hydrogen-bond acceptors (Lipinski definition) is 4. The van der Waals surface area contributed by atoms with Gasteiger partial charge in [-0.1, -0.05) is 0 Å². The Morgan fingerprint density at radius 3 is 2.69 bits per heavy atom. The molecule has 16 heavy (non-hydrogen) atoms. The van der Waals surface area contributed by atoms with Crippen LogP contribution >= 0.6 is 0 Å². The van der Waals surface area contributed by atoms with Crippen molar-refractivity contribution in [3.8, 4) is 0 Å². The van der Waals surface area contributed by atoms with Crippen molar-refractivity contribution in [1.29, 1.82) is 0 Å². The number of hydrogen-bond donors (Lipinski definition) is 3. The topological polar surface area (TPSA) is 61.7 Å². The molecule has 0 radical (unpaired) electrons. The molecule has 1 fully saturated rings. The highest BCUT2D eigenvalue weighted by Gasteiger charge is 2.22. The average molecular weight is 231 g/mol. The fraction of sp³-hybridized carbons (Fsp3) is 1.00. The molecule has 4 heteroatoms. The van der Waals surface area contributed by atoms with Gasteiger partial charge in [0.05, 0.1) is 24.9 Å². The molecule has 0 bridgehead atoms. The summed E-state index contributed by atoms with van der Waals surface area (Å²) in [6, 6.07) is 0. The van der Waals surface area contributed by atoms with Crippen molar-refractivity contribution >= 4 is 0 Å². The van der Waals surface area contributed by atoms with Crippen LogP contribution in [0.1, 0.15) is 33.1 Å². The molecule has 3 N–H and O–H groups in total. The van der Waals surface area contributed by atoms with Crippen LogP contribution in [-0.2, 0) is 4.74 Å². The van der Waals surface area contributed by atoms with Crippen molar-refractivity contribution in [2.24, 2.45) is 5.92 Å². The first-order chi connectivity index (χ1) is 7.58. The second-order valence-corrected chi connectivity index (χ2v) is 5.03. The van der Waals surface area contributed by atoms with Crippen LogP contribution in [0.5, 0.6) is 0 Å². The van der Waals surface area contributed by atoms with E-state index in [0.29, 0.717) is 19.1 Å². The molecule has 0 aromatic carbocycles. The summed E-state index contributed by atoms with van der Waals surface area (Å²) < 4.78 is 5.31. The van der Waals surface area contributed by atoms with Gasteiger partial charge in [0, 0.05) is 6.54 Å². The highest BCUT2D eigenvalue weighted by Crippen LogP contribution is 2.24. The fourth-order valence-corrected chi connectivity index (χ4v) is 2.05. The summed E-state index contributed by atoms with van der Waals surface area (Å²) in [4.78, 5) is 0. The highest BCUT2D eigenvalue weighted by molar-refractivity contribution is 4.76. The van der Waals surface area contributed by atoms with Gasteiger partial charge in [0.15, 0.2) is 0 Å². The molecule has 96 valence electrons. The molecule has 1 aliphatic carbocycles. The van der Waals surface area contributed by atoms with Crippen LogP contribution in [0.2, 0.25) is 0 Å². The van der Waals surface area contributed by atoms with E-state index in [1.54, 1.807) is 0 Å². The Hall–Kier alpha value is -0.160. The lowest BCUT2D eigenvalue weighted by molar-refractivity contribution is 0.00613. The van der Waals surface area contributed by atoms with Crippen molar-refractivity contribution in [2.75, 3.05) is 19.7 Å². The van der Waals surface area contributed by atoms with Gasteiger partial charge in [0.25, 0.3) is 0 Å². The first-order valence-corrected chi connectivity index (χ1v) is 6.26. The standard InChI is InChI=1S/C12H25NO3/c1-9(2)16-8-12(15)7-13-6-10-3-4-11(14)5-10/h9-15H,3-8H2,1-2H3. The molecule has 0 saturated heterocycles. The van der Waals surface area contributed by atoms with Gasteiger partial charge in [-0.05, 0) is 45.6 Å². The van der Waals surface area contributed by atoms with Crippen molar-refractivity contribution in [3.63, 3.8) is 0 Å². The largest absolute Gasteiger partial charge is 0.393 e. The van der Waals surface area contributed by atoms with Gasteiger partial charge < -0.3 is 20.3 Å². The molecule has 0 spiro atoms. The number of rotatable bonds is 7. The van der Waals surface area contributed by atoms with E-state index in [9.17, 15) is 10.2 Å². The molecule has 1 saturated carbocycles. The van der Waals surface area contributed by atoms with E-state index in [4.69, 9.17) is 4.74 Å². The molecule has 0 amide bonds. The van der Waals surface area contributed by atoms with Gasteiger partial charge >= 0.3 is 0 Å². The Labute approximate surface area is 98.0 Å². The number of aliphatic hydroxyl groups is 2. The molecule has 0 aliphatic heterocycles. The number of nitrogens with one attached hydrogen (secondary N) is 1. The molecule has 4 nitrogen and oxygen atoms in total. The van der Waals surface area contributed by atoms with Crippen LogP contribution in [-0.4, -0.2) is 48.2 Å². The predicted octanol–water partition coefficient (Wildman–Crippen LogP) is 0.523. The first-order valence-electron chi connectivity index (χ1n) is 6.26. The molecule has 3 atom stereocenters. The monoisotopic (exact) mass is 231 g/mol. The second kappa shape index (κ2) is 7.22. The van der Waals surface area contributed by atoms with Gasteiger partial charge in [-0.3, -0.25) is 0 Å². The third kappa shape index (κ3) is 5.80. The third-order valence-corrected chi connectivity index (χ3v) is 2.95. The Balaban J connectivity index is 1.97. The van der Waals surface area contributed by atoms with Crippen LogP contribution < -0.4 is 5.32 Å². The molecule has 1 aliphatic rings. The lowest BCUT2D eigenvalue weighted by atomic mass is 10.1. The lowest BCUT2D eigenvalue weighted by Crippen LogP contribution is -2.33. The van der Waals surface area contributed by atoms with Gasteiger partial charge in [-0.25, -0.2) is 0 Å². The van der Waals surface area contributed by atoms with Crippen LogP contribution in [0.25, 0.3) is 0 Å². The maximum absolute atomic E-state index is 9.59. The SMILES string of the molecule is CC(C)OCC(O)CNCC1CCC(O)C1. The van der Waals surface area contributed by atoms with E-state index in [2.05, 4.69) is 5.32 Å². The summed E-state index contributed by atoms with van der Waals surface area (Å²) in [5.41, 5.74) is 0. The van der Waals surface area contributed by atoms with Crippen LogP contribution in [0, 0.1) is 5.92 Å². The molecular weight excluding hydrogens is 206 g/mol. The summed E-state index contributed by atoms with van der Waals surface area (Å²) in [6.45, 7) is 5.76. The van der Waals surface area contributed by atoms with Gasteiger partial charge in [-0.15, -0.1) is 0 Å². The zero-order chi connectivity index (χ0) is 12.0. The first kappa shape index (κ1) is 13.9. The van der Waals surface area contributed by atoms with E-state index in [0.717, 1.165) is 25.8 Å². The number of aliphatic hydroxyl groups excluding tert-OH is 2. The van der Waals surface area contributed by atoms with Crippen molar-refractivity contribution in [3.05, 3.63) is 0 Å². The third-order valence-electron chi connectivity index (χ3n) is 2.95. The Morgan fingerprint density at radius 2 is 2.12 bits per heavy atom. The minimum atomic E-state index is -0.436. The summed E-state index contributed by atoms with van der Waals surface area (Å²) in [7, 11) is 0. The van der Waals surface area contributed by atoms with Crippen molar-refractivity contribution in [1.82, 2.24) is 5.32 Å². The minimum absolute atomic E-state index is 0.110. The van der Waals surface area contributed by atoms with Gasteiger partial charge in [0.1, 0.15) is 0 Å². The Kier molecular flexibility index (Phi) is 6.28. The molecule has 0 aromatic rings. The van der Waals surface area contributed by atoms with E-state index < -0.39 is 6.10 Å². The summed E-state index contributed by atoms with van der Waals surface area (Å²) in [5, 5.41) is 22.2. The summed E-state index contributed by atoms with van der Waals surface area (Å²) in [5.74, 6) is 0.563. The van der Waals surface area contributed by atoms with Gasteiger partial charge in [0.2, 0.25) is 0 Å². The zero-order valence-corrected chi connectivity index (χ0v) is 10.4. The molecule has 0 aromatic heterocycles. The predicted molar refractivity (Wildman–Crippen MR) is 63.3 cm³/mol. The molecule has 1 rings (SSSR count). The summed E-state index contributed by atoms with van der Waals surface area (Å²) in [6.07, 6.45) is 2.53. The number of ether oxygens (including phenoxy) is 1. The maximum Gasteiger partial charge on any atom is 0.0897 e. The normalized spacial score (nSPS) is 27.6. The minimum Gasteiger partial charge on any atom is -0.393 e. The van der Waals surface area contributed by atoms with Crippen LogP contribution in [0.15, 0.2) is 0 Å².